The van der Waals surface area contributed by atoms with E-state index in [4.69, 9.17) is 27.9 Å². The Morgan fingerprint density at radius 2 is 1.72 bits per heavy atom. The Labute approximate surface area is 202 Å². The van der Waals surface area contributed by atoms with Gasteiger partial charge in [-0.25, -0.2) is 9.78 Å². The van der Waals surface area contributed by atoms with Gasteiger partial charge in [0.25, 0.3) is 5.91 Å². The number of carbonyl (C=O) groups is 2. The molecule has 1 amide bonds. The zero-order valence-electron chi connectivity index (χ0n) is 16.4. The predicted octanol–water partition coefficient (Wildman–Crippen LogP) is 6.77. The monoisotopic (exact) mass is 528 g/mol. The van der Waals surface area contributed by atoms with E-state index in [1.807, 2.05) is 42.5 Å². The molecule has 5 nitrogen and oxygen atoms in total. The minimum Gasteiger partial charge on any atom is -0.452 e. The summed E-state index contributed by atoms with van der Waals surface area (Å²) in [5.41, 5.74) is 2.78. The van der Waals surface area contributed by atoms with Crippen LogP contribution < -0.4 is 5.32 Å². The van der Waals surface area contributed by atoms with Gasteiger partial charge in [-0.2, -0.15) is 0 Å². The molecular formula is C24H15BrCl2N2O3. The highest BCUT2D eigenvalue weighted by atomic mass is 79.9. The summed E-state index contributed by atoms with van der Waals surface area (Å²) in [7, 11) is 0. The molecular weight excluding hydrogens is 515 g/mol. The third kappa shape index (κ3) is 5.10. The van der Waals surface area contributed by atoms with Crippen LogP contribution in [0.25, 0.3) is 22.2 Å². The van der Waals surface area contributed by atoms with Gasteiger partial charge in [0, 0.05) is 20.4 Å². The number of rotatable bonds is 5. The second-order valence-electron chi connectivity index (χ2n) is 6.83. The van der Waals surface area contributed by atoms with Crippen LogP contribution in [-0.4, -0.2) is 23.5 Å². The highest BCUT2D eigenvalue weighted by molar-refractivity contribution is 9.10. The van der Waals surface area contributed by atoms with Crippen LogP contribution in [-0.2, 0) is 9.53 Å². The van der Waals surface area contributed by atoms with E-state index in [0.29, 0.717) is 37.9 Å². The van der Waals surface area contributed by atoms with Gasteiger partial charge in [-0.15, -0.1) is 0 Å². The second kappa shape index (κ2) is 9.69. The minimum atomic E-state index is -0.630. The predicted molar refractivity (Wildman–Crippen MR) is 130 cm³/mol. The third-order valence-corrected chi connectivity index (χ3v) is 5.71. The average Bonchev–Trinajstić information content (AvgIpc) is 2.79. The fraction of sp³-hybridized carbons (Fsp3) is 0.0417. The van der Waals surface area contributed by atoms with Crippen LogP contribution >= 0.6 is 39.1 Å². The van der Waals surface area contributed by atoms with E-state index in [1.165, 1.54) is 6.07 Å². The lowest BCUT2D eigenvalue weighted by molar-refractivity contribution is -0.119. The van der Waals surface area contributed by atoms with E-state index < -0.39 is 18.5 Å². The van der Waals surface area contributed by atoms with Crippen LogP contribution in [0.4, 0.5) is 5.69 Å². The number of nitrogens with zero attached hydrogens (tertiary/aromatic N) is 1. The first-order valence-corrected chi connectivity index (χ1v) is 11.0. The van der Waals surface area contributed by atoms with Gasteiger partial charge in [0.05, 0.1) is 27.5 Å². The Hall–Kier alpha value is -2.93. The fourth-order valence-electron chi connectivity index (χ4n) is 3.10. The molecule has 1 aromatic heterocycles. The molecule has 0 atom stereocenters. The number of halogens is 3. The van der Waals surface area contributed by atoms with Crippen molar-refractivity contribution in [2.45, 2.75) is 0 Å². The SMILES string of the molecule is O=C(COC(=O)c1cc(-c2ccc(Br)cc2)nc2ccccc12)Nc1cc(Cl)ccc1Cl. The maximum absolute atomic E-state index is 12.9. The molecule has 0 aliphatic carbocycles. The number of hydrogen-bond donors (Lipinski definition) is 1. The van der Waals surface area contributed by atoms with Gasteiger partial charge >= 0.3 is 5.97 Å². The van der Waals surface area contributed by atoms with Gasteiger partial charge < -0.3 is 10.1 Å². The normalized spacial score (nSPS) is 10.7. The average molecular weight is 530 g/mol. The van der Waals surface area contributed by atoms with E-state index in [0.717, 1.165) is 10.0 Å². The highest BCUT2D eigenvalue weighted by Gasteiger charge is 2.17. The molecule has 0 radical (unpaired) electrons. The van der Waals surface area contributed by atoms with Crippen molar-refractivity contribution in [1.29, 1.82) is 0 Å². The lowest BCUT2D eigenvalue weighted by atomic mass is 10.0. The summed E-state index contributed by atoms with van der Waals surface area (Å²) in [5.74, 6) is -1.16. The molecule has 0 saturated carbocycles. The zero-order valence-corrected chi connectivity index (χ0v) is 19.5. The Balaban J connectivity index is 1.56. The summed E-state index contributed by atoms with van der Waals surface area (Å²) in [6.07, 6.45) is 0. The largest absolute Gasteiger partial charge is 0.452 e. The highest BCUT2D eigenvalue weighted by Crippen LogP contribution is 2.27. The Morgan fingerprint density at radius 1 is 0.969 bits per heavy atom. The Morgan fingerprint density at radius 3 is 2.50 bits per heavy atom. The number of nitrogens with one attached hydrogen (secondary N) is 1. The summed E-state index contributed by atoms with van der Waals surface area (Å²) in [4.78, 5) is 29.8. The number of carbonyl (C=O) groups excluding carboxylic acids is 2. The minimum absolute atomic E-state index is 0.321. The van der Waals surface area contributed by atoms with Crippen LogP contribution in [0, 0.1) is 0 Å². The molecule has 32 heavy (non-hydrogen) atoms. The summed E-state index contributed by atoms with van der Waals surface area (Å²) < 4.78 is 6.23. The van der Waals surface area contributed by atoms with Crippen LogP contribution in [0.15, 0.2) is 77.3 Å². The number of para-hydroxylation sites is 1. The number of ether oxygens (including phenoxy) is 1. The molecule has 0 unspecified atom stereocenters. The quantitative estimate of drug-likeness (QED) is 0.290. The standard InChI is InChI=1S/C24H15BrCl2N2O3/c25-15-7-5-14(6-8-15)21-12-18(17-3-1-2-4-20(17)28-21)24(31)32-13-23(30)29-22-11-16(26)9-10-19(22)27/h1-12H,13H2,(H,29,30). The number of pyridine rings is 1. The first kappa shape index (κ1) is 22.3. The van der Waals surface area contributed by atoms with Crippen molar-refractivity contribution in [3.05, 3.63) is 92.9 Å². The van der Waals surface area contributed by atoms with Gasteiger partial charge in [-0.3, -0.25) is 4.79 Å². The number of amides is 1. The van der Waals surface area contributed by atoms with Gasteiger partial charge in [0.15, 0.2) is 6.61 Å². The van der Waals surface area contributed by atoms with Crippen molar-refractivity contribution in [1.82, 2.24) is 4.98 Å². The molecule has 4 aromatic rings. The van der Waals surface area contributed by atoms with E-state index in [2.05, 4.69) is 26.2 Å². The Kier molecular flexibility index (Phi) is 6.74. The van der Waals surface area contributed by atoms with Crippen molar-refractivity contribution in [3.8, 4) is 11.3 Å². The molecule has 0 saturated heterocycles. The second-order valence-corrected chi connectivity index (χ2v) is 8.59. The van der Waals surface area contributed by atoms with Gasteiger partial charge in [-0.05, 0) is 42.5 Å². The fourth-order valence-corrected chi connectivity index (χ4v) is 3.70. The molecule has 8 heteroatoms. The third-order valence-electron chi connectivity index (χ3n) is 4.61. The van der Waals surface area contributed by atoms with Gasteiger partial charge in [0.1, 0.15) is 0 Å². The number of anilines is 1. The lowest BCUT2D eigenvalue weighted by Gasteiger charge is -2.11. The molecule has 1 heterocycles. The first-order valence-electron chi connectivity index (χ1n) is 9.48. The lowest BCUT2D eigenvalue weighted by Crippen LogP contribution is -2.21. The van der Waals surface area contributed by atoms with Gasteiger partial charge in [-0.1, -0.05) is 69.5 Å². The molecule has 3 aromatic carbocycles. The van der Waals surface area contributed by atoms with Crippen molar-refractivity contribution in [3.63, 3.8) is 0 Å². The topological polar surface area (TPSA) is 68.3 Å². The van der Waals surface area contributed by atoms with E-state index in [1.54, 1.807) is 24.3 Å². The Bertz CT molecular complexity index is 1330. The molecule has 160 valence electrons. The number of aromatic nitrogens is 1. The van der Waals surface area contributed by atoms with E-state index >= 15 is 0 Å². The van der Waals surface area contributed by atoms with Crippen LogP contribution in [0.1, 0.15) is 10.4 Å². The van der Waals surface area contributed by atoms with Crippen molar-refractivity contribution in [2.24, 2.45) is 0 Å². The maximum Gasteiger partial charge on any atom is 0.339 e. The van der Waals surface area contributed by atoms with E-state index in [-0.39, 0.29) is 0 Å². The molecule has 0 fully saturated rings. The van der Waals surface area contributed by atoms with Crippen LogP contribution in [0.2, 0.25) is 10.0 Å². The summed E-state index contributed by atoms with van der Waals surface area (Å²) >= 11 is 15.4. The number of benzene rings is 3. The molecule has 4 rings (SSSR count). The maximum atomic E-state index is 12.9. The van der Waals surface area contributed by atoms with Crippen molar-refractivity contribution < 1.29 is 14.3 Å². The zero-order chi connectivity index (χ0) is 22.7. The smallest absolute Gasteiger partial charge is 0.339 e. The molecule has 0 aliphatic heterocycles. The number of esters is 1. The van der Waals surface area contributed by atoms with Gasteiger partial charge in [0.2, 0.25) is 0 Å². The molecule has 1 N–H and O–H groups in total. The van der Waals surface area contributed by atoms with Crippen LogP contribution in [0.5, 0.6) is 0 Å². The van der Waals surface area contributed by atoms with Crippen molar-refractivity contribution >= 4 is 67.6 Å². The van der Waals surface area contributed by atoms with Crippen molar-refractivity contribution in [2.75, 3.05) is 11.9 Å². The van der Waals surface area contributed by atoms with E-state index in [9.17, 15) is 9.59 Å². The number of fused-ring (bicyclic) bond motifs is 1. The first-order chi connectivity index (χ1) is 15.4. The molecule has 0 spiro atoms. The molecule has 0 aliphatic rings. The molecule has 0 bridgehead atoms. The summed E-state index contributed by atoms with van der Waals surface area (Å²) in [6, 6.07) is 21.2. The summed E-state index contributed by atoms with van der Waals surface area (Å²) in [5, 5.41) is 3.97. The number of hydrogen-bond acceptors (Lipinski definition) is 4. The van der Waals surface area contributed by atoms with Crippen LogP contribution in [0.3, 0.4) is 0 Å². The summed E-state index contributed by atoms with van der Waals surface area (Å²) in [6.45, 7) is -0.480.